The molecule has 5 heteroatoms. The number of hydrogen-bond donors (Lipinski definition) is 1. The fourth-order valence-electron chi connectivity index (χ4n) is 3.38. The lowest BCUT2D eigenvalue weighted by atomic mass is 9.81. The molecule has 1 heterocycles. The summed E-state index contributed by atoms with van der Waals surface area (Å²) < 4.78 is 35.5. The highest BCUT2D eigenvalue weighted by Crippen LogP contribution is 2.36. The van der Waals surface area contributed by atoms with Gasteiger partial charge in [0, 0.05) is 17.6 Å². The number of para-hydroxylation sites is 1. The highest BCUT2D eigenvalue weighted by Gasteiger charge is 2.37. The van der Waals surface area contributed by atoms with E-state index in [4.69, 9.17) is 4.74 Å². The minimum Gasteiger partial charge on any atom is -0.434 e. The van der Waals surface area contributed by atoms with E-state index in [-0.39, 0.29) is 17.4 Å². The lowest BCUT2D eigenvalue weighted by Gasteiger charge is -2.44. The molecule has 1 aliphatic heterocycles. The number of hydrogen-bond acceptors (Lipinski definition) is 3. The summed E-state index contributed by atoms with van der Waals surface area (Å²) in [5.74, 6) is 0.207. The van der Waals surface area contributed by atoms with Crippen molar-refractivity contribution in [3.05, 3.63) is 29.8 Å². The third-order valence-electron chi connectivity index (χ3n) is 4.52. The van der Waals surface area contributed by atoms with E-state index in [1.807, 2.05) is 6.07 Å². The summed E-state index contributed by atoms with van der Waals surface area (Å²) in [6, 6.07) is 6.88. The maximum absolute atomic E-state index is 12.5. The Morgan fingerprint density at radius 1 is 1.19 bits per heavy atom. The predicted octanol–water partition coefficient (Wildman–Crippen LogP) is 3.65. The maximum atomic E-state index is 12.5. The Morgan fingerprint density at radius 3 is 2.62 bits per heavy atom. The van der Waals surface area contributed by atoms with Gasteiger partial charge in [0.05, 0.1) is 12.7 Å². The summed E-state index contributed by atoms with van der Waals surface area (Å²) in [6.07, 6.45) is 5.78. The second-order valence-corrected chi connectivity index (χ2v) is 5.94. The Kier molecular flexibility index (Phi) is 4.40. The Morgan fingerprint density at radius 2 is 1.95 bits per heavy atom. The van der Waals surface area contributed by atoms with Crippen molar-refractivity contribution >= 4 is 0 Å². The average molecular weight is 297 g/mol. The van der Waals surface area contributed by atoms with Gasteiger partial charge in [0.25, 0.3) is 0 Å². The molecule has 3 nitrogen and oxygen atoms in total. The SMILES string of the molecule is FC(F)Oc1ccccc1C1CNC2(CCCCC2)CO1. The van der Waals surface area contributed by atoms with Crippen molar-refractivity contribution in [2.75, 3.05) is 13.2 Å². The van der Waals surface area contributed by atoms with Gasteiger partial charge >= 0.3 is 6.61 Å². The van der Waals surface area contributed by atoms with Crippen LogP contribution in [0, 0.1) is 0 Å². The first-order valence-electron chi connectivity index (χ1n) is 7.59. The van der Waals surface area contributed by atoms with Crippen LogP contribution in [-0.2, 0) is 4.74 Å². The van der Waals surface area contributed by atoms with Gasteiger partial charge in [-0.15, -0.1) is 0 Å². The van der Waals surface area contributed by atoms with Gasteiger partial charge in [-0.25, -0.2) is 0 Å². The normalized spacial score (nSPS) is 25.2. The molecule has 0 bridgehead atoms. The average Bonchev–Trinajstić information content (AvgIpc) is 2.49. The molecule has 1 saturated heterocycles. The van der Waals surface area contributed by atoms with Gasteiger partial charge < -0.3 is 14.8 Å². The quantitative estimate of drug-likeness (QED) is 0.923. The van der Waals surface area contributed by atoms with Gasteiger partial charge in [0.1, 0.15) is 5.75 Å². The predicted molar refractivity (Wildman–Crippen MR) is 75.6 cm³/mol. The molecule has 1 saturated carbocycles. The smallest absolute Gasteiger partial charge is 0.387 e. The van der Waals surface area contributed by atoms with Gasteiger partial charge in [0.2, 0.25) is 0 Å². The van der Waals surface area contributed by atoms with Crippen molar-refractivity contribution in [2.24, 2.45) is 0 Å². The largest absolute Gasteiger partial charge is 0.434 e. The summed E-state index contributed by atoms with van der Waals surface area (Å²) in [5, 5.41) is 3.60. The van der Waals surface area contributed by atoms with Crippen molar-refractivity contribution < 1.29 is 18.3 Å². The molecule has 0 aromatic heterocycles. The number of morpholine rings is 1. The number of halogens is 2. The molecule has 1 unspecified atom stereocenters. The first-order valence-corrected chi connectivity index (χ1v) is 7.59. The van der Waals surface area contributed by atoms with Crippen LogP contribution >= 0.6 is 0 Å². The molecular weight excluding hydrogens is 276 g/mol. The lowest BCUT2D eigenvalue weighted by molar-refractivity contribution is -0.0626. The number of benzene rings is 1. The molecule has 2 fully saturated rings. The molecule has 1 aliphatic carbocycles. The van der Waals surface area contributed by atoms with Crippen LogP contribution in [0.1, 0.15) is 43.8 Å². The van der Waals surface area contributed by atoms with Crippen molar-refractivity contribution in [1.29, 1.82) is 0 Å². The van der Waals surface area contributed by atoms with Gasteiger partial charge in [-0.3, -0.25) is 0 Å². The topological polar surface area (TPSA) is 30.5 Å². The Hall–Kier alpha value is -1.20. The third-order valence-corrected chi connectivity index (χ3v) is 4.52. The van der Waals surface area contributed by atoms with Crippen LogP contribution in [0.5, 0.6) is 5.75 Å². The van der Waals surface area contributed by atoms with E-state index >= 15 is 0 Å². The van der Waals surface area contributed by atoms with E-state index in [2.05, 4.69) is 10.1 Å². The summed E-state index contributed by atoms with van der Waals surface area (Å²) >= 11 is 0. The lowest BCUT2D eigenvalue weighted by Crippen LogP contribution is -2.55. The first kappa shape index (κ1) is 14.7. The van der Waals surface area contributed by atoms with E-state index in [1.54, 1.807) is 18.2 Å². The summed E-state index contributed by atoms with van der Waals surface area (Å²) in [5.41, 5.74) is 0.781. The number of nitrogens with one attached hydrogen (secondary N) is 1. The number of rotatable bonds is 3. The maximum Gasteiger partial charge on any atom is 0.387 e. The van der Waals surface area contributed by atoms with Crippen molar-refractivity contribution in [3.8, 4) is 5.75 Å². The molecule has 0 radical (unpaired) electrons. The van der Waals surface area contributed by atoms with Crippen LogP contribution in [0.3, 0.4) is 0 Å². The highest BCUT2D eigenvalue weighted by atomic mass is 19.3. The molecule has 3 rings (SSSR count). The summed E-state index contributed by atoms with van der Waals surface area (Å²) in [4.78, 5) is 0. The minimum atomic E-state index is -2.81. The van der Waals surface area contributed by atoms with Gasteiger partial charge in [-0.1, -0.05) is 37.5 Å². The molecule has 1 spiro atoms. The molecule has 1 aromatic carbocycles. The van der Waals surface area contributed by atoms with Gasteiger partial charge in [-0.05, 0) is 18.9 Å². The molecule has 0 amide bonds. The zero-order valence-electron chi connectivity index (χ0n) is 12.0. The Balaban J connectivity index is 1.69. The van der Waals surface area contributed by atoms with Gasteiger partial charge in [-0.2, -0.15) is 8.78 Å². The van der Waals surface area contributed by atoms with Gasteiger partial charge in [0.15, 0.2) is 0 Å². The number of ether oxygens (including phenoxy) is 2. The number of alkyl halides is 2. The van der Waals surface area contributed by atoms with Crippen LogP contribution < -0.4 is 10.1 Å². The fraction of sp³-hybridized carbons (Fsp3) is 0.625. The molecular formula is C16H21F2NO2. The first-order chi connectivity index (χ1) is 10.2. The summed E-state index contributed by atoms with van der Waals surface area (Å²) in [6.45, 7) is -1.53. The summed E-state index contributed by atoms with van der Waals surface area (Å²) in [7, 11) is 0. The Labute approximate surface area is 123 Å². The van der Waals surface area contributed by atoms with E-state index in [1.165, 1.54) is 19.3 Å². The Bertz CT molecular complexity index is 465. The zero-order chi connectivity index (χ0) is 14.7. The fourth-order valence-corrected chi connectivity index (χ4v) is 3.38. The van der Waals surface area contributed by atoms with E-state index in [0.29, 0.717) is 18.7 Å². The van der Waals surface area contributed by atoms with Crippen LogP contribution in [0.15, 0.2) is 24.3 Å². The van der Waals surface area contributed by atoms with Crippen molar-refractivity contribution in [2.45, 2.75) is 50.4 Å². The molecule has 1 atom stereocenters. The molecule has 2 aliphatic rings. The van der Waals surface area contributed by atoms with Crippen LogP contribution in [-0.4, -0.2) is 25.3 Å². The minimum absolute atomic E-state index is 0.0905. The van der Waals surface area contributed by atoms with Crippen LogP contribution in [0.25, 0.3) is 0 Å². The second kappa shape index (κ2) is 6.28. The zero-order valence-corrected chi connectivity index (χ0v) is 12.0. The van der Waals surface area contributed by atoms with Crippen molar-refractivity contribution in [3.63, 3.8) is 0 Å². The van der Waals surface area contributed by atoms with E-state index in [0.717, 1.165) is 12.8 Å². The molecule has 1 N–H and O–H groups in total. The third kappa shape index (κ3) is 3.35. The molecule has 21 heavy (non-hydrogen) atoms. The van der Waals surface area contributed by atoms with Crippen LogP contribution in [0.2, 0.25) is 0 Å². The second-order valence-electron chi connectivity index (χ2n) is 5.94. The van der Waals surface area contributed by atoms with Crippen molar-refractivity contribution in [1.82, 2.24) is 5.32 Å². The molecule has 116 valence electrons. The van der Waals surface area contributed by atoms with Crippen LogP contribution in [0.4, 0.5) is 8.78 Å². The van der Waals surface area contributed by atoms with E-state index in [9.17, 15) is 8.78 Å². The standard InChI is InChI=1S/C16H21F2NO2/c17-15(18)21-13-7-3-2-6-12(13)14-10-19-16(11-20-14)8-4-1-5-9-16/h2-3,6-7,14-15,19H,1,4-5,8-11H2. The monoisotopic (exact) mass is 297 g/mol. The highest BCUT2D eigenvalue weighted by molar-refractivity contribution is 5.35. The van der Waals surface area contributed by atoms with E-state index < -0.39 is 6.61 Å². The molecule has 1 aromatic rings.